The van der Waals surface area contributed by atoms with Gasteiger partial charge in [0.2, 0.25) is 0 Å². The van der Waals surface area contributed by atoms with Crippen LogP contribution in [0, 0.1) is 37.1 Å². The number of Topliss-reactive ketones (excluding diaryl/α,β-unsaturated/α-hetero) is 2. The van der Waals surface area contributed by atoms with E-state index in [-0.39, 0.29) is 70.8 Å². The third-order valence-electron chi connectivity index (χ3n) is 13.3. The molecule has 376 valence electrons. The van der Waals surface area contributed by atoms with Crippen molar-refractivity contribution in [3.05, 3.63) is 199 Å². The Labute approximate surface area is 419 Å². The summed E-state index contributed by atoms with van der Waals surface area (Å²) in [4.78, 5) is 84.2. The number of hydrogen-bond donors (Lipinski definition) is 4. The minimum absolute atomic E-state index is 0.0158. The van der Waals surface area contributed by atoms with Crippen LogP contribution in [0.1, 0.15) is 146 Å². The molecule has 2 atom stereocenters. The van der Waals surface area contributed by atoms with Gasteiger partial charge in [-0.2, -0.15) is 10.2 Å². The van der Waals surface area contributed by atoms with Crippen LogP contribution in [0.2, 0.25) is 0 Å². The van der Waals surface area contributed by atoms with Crippen LogP contribution in [0.3, 0.4) is 0 Å². The van der Waals surface area contributed by atoms with Crippen molar-refractivity contribution in [1.29, 1.82) is 0 Å². The highest BCUT2D eigenvalue weighted by Gasteiger charge is 2.31. The zero-order valence-corrected chi connectivity index (χ0v) is 40.3. The summed E-state index contributed by atoms with van der Waals surface area (Å²) in [6, 6.07) is 20.4. The predicted octanol–water partition coefficient (Wildman–Crippen LogP) is 7.73. The molecule has 10 rings (SSSR count). The van der Waals surface area contributed by atoms with Crippen molar-refractivity contribution < 1.29 is 46.3 Å². The lowest BCUT2D eigenvalue weighted by atomic mass is 9.96. The molecular formula is C54H46F4N10O6. The van der Waals surface area contributed by atoms with E-state index in [1.165, 1.54) is 68.4 Å². The van der Waals surface area contributed by atoms with Gasteiger partial charge < -0.3 is 21.3 Å². The number of rotatable bonds is 12. The van der Waals surface area contributed by atoms with Crippen LogP contribution in [-0.2, 0) is 25.9 Å². The molecule has 0 unspecified atom stereocenters. The first-order chi connectivity index (χ1) is 35.4. The molecule has 0 spiro atoms. The van der Waals surface area contributed by atoms with Gasteiger partial charge >= 0.3 is 0 Å². The van der Waals surface area contributed by atoms with E-state index in [2.05, 4.69) is 41.4 Å². The van der Waals surface area contributed by atoms with Gasteiger partial charge in [0.05, 0.1) is 24.5 Å². The lowest BCUT2D eigenvalue weighted by Gasteiger charge is -2.16. The molecule has 74 heavy (non-hydrogen) atoms. The molecule has 0 saturated carbocycles. The number of carbonyl (C=O) groups is 6. The van der Waals surface area contributed by atoms with E-state index in [0.29, 0.717) is 47.9 Å². The Morgan fingerprint density at radius 3 is 1.46 bits per heavy atom. The summed E-state index contributed by atoms with van der Waals surface area (Å²) in [5, 5.41) is 19.0. The third kappa shape index (κ3) is 10.1. The molecule has 2 aliphatic carbocycles. The minimum atomic E-state index is -0.785. The quantitative estimate of drug-likeness (QED) is 0.0691. The smallest absolute Gasteiger partial charge is 0.270 e. The molecule has 2 aliphatic rings. The summed E-state index contributed by atoms with van der Waals surface area (Å²) < 4.78 is 57.5. The van der Waals surface area contributed by atoms with Crippen molar-refractivity contribution in [1.82, 2.24) is 50.5 Å². The van der Waals surface area contributed by atoms with Gasteiger partial charge in [-0.25, -0.2) is 36.6 Å². The Kier molecular flexibility index (Phi) is 14.0. The molecule has 4 amide bonds. The maximum Gasteiger partial charge on any atom is 0.270 e. The van der Waals surface area contributed by atoms with Gasteiger partial charge in [-0.3, -0.25) is 28.8 Å². The second-order valence-electron chi connectivity index (χ2n) is 18.0. The van der Waals surface area contributed by atoms with Crippen molar-refractivity contribution in [2.75, 3.05) is 0 Å². The summed E-state index contributed by atoms with van der Waals surface area (Å²) in [7, 11) is 0. The first-order valence-electron chi connectivity index (χ1n) is 23.5. The number of fused-ring (bicyclic) bond motifs is 4. The summed E-state index contributed by atoms with van der Waals surface area (Å²) in [6.45, 7) is 6.95. The highest BCUT2D eigenvalue weighted by Crippen LogP contribution is 2.36. The van der Waals surface area contributed by atoms with Gasteiger partial charge in [-0.1, -0.05) is 48.5 Å². The van der Waals surface area contributed by atoms with Crippen molar-refractivity contribution in [3.63, 3.8) is 0 Å². The molecule has 20 heteroatoms. The highest BCUT2D eigenvalue weighted by molar-refractivity contribution is 6.00. The van der Waals surface area contributed by atoms with Crippen molar-refractivity contribution in [2.24, 2.45) is 0 Å². The Bertz CT molecular complexity index is 3610. The molecule has 0 bridgehead atoms. The minimum Gasteiger partial charge on any atom is -0.347 e. The number of aromatic nitrogens is 6. The fourth-order valence-corrected chi connectivity index (χ4v) is 9.51. The van der Waals surface area contributed by atoms with Crippen LogP contribution >= 0.6 is 0 Å². The van der Waals surface area contributed by atoms with Crippen LogP contribution in [0.15, 0.2) is 97.3 Å². The number of ketones is 2. The van der Waals surface area contributed by atoms with Crippen LogP contribution in [0.5, 0.6) is 0 Å². The molecule has 4 aromatic carbocycles. The van der Waals surface area contributed by atoms with Gasteiger partial charge in [0.15, 0.2) is 34.5 Å². The largest absolute Gasteiger partial charge is 0.347 e. The molecule has 16 nitrogen and oxygen atoms in total. The Morgan fingerprint density at radius 1 is 0.554 bits per heavy atom. The van der Waals surface area contributed by atoms with Crippen molar-refractivity contribution in [2.45, 2.75) is 78.6 Å². The maximum absolute atomic E-state index is 14.4. The molecular weight excluding hydrogens is 961 g/mol. The maximum atomic E-state index is 14.4. The number of nitrogens with zero attached hydrogens (tertiary/aromatic N) is 6. The number of nitrogens with one attached hydrogen (secondary N) is 4. The normalized spacial score (nSPS) is 14.4. The van der Waals surface area contributed by atoms with E-state index in [1.54, 1.807) is 18.2 Å². The third-order valence-corrected chi connectivity index (χ3v) is 13.3. The SMILES string of the molecule is CC(=O)c1ccc2c(c1C)CC[C@@H]2NC(=O)c1cc(C(=O)NCc2ccc(F)cc2)nc2c(F)cnn12.CC(=O)c1ccc2c(c1C)CC[C@@H]2NC(=O)c1cc(C(=O)NCc2cccc(F)c2)nc2c(F)cnn12. The molecule has 4 heterocycles. The van der Waals surface area contributed by atoms with E-state index < -0.39 is 46.9 Å². The molecule has 0 fully saturated rings. The van der Waals surface area contributed by atoms with Crippen LogP contribution in [0.4, 0.5) is 17.6 Å². The Morgan fingerprint density at radius 2 is 1.01 bits per heavy atom. The first kappa shape index (κ1) is 50.0. The van der Waals surface area contributed by atoms with E-state index >= 15 is 0 Å². The molecule has 4 N–H and O–H groups in total. The highest BCUT2D eigenvalue weighted by atomic mass is 19.1. The lowest BCUT2D eigenvalue weighted by Crippen LogP contribution is -2.30. The number of carbonyl (C=O) groups excluding carboxylic acids is 6. The zero-order chi connectivity index (χ0) is 52.5. The summed E-state index contributed by atoms with van der Waals surface area (Å²) in [5.74, 6) is -4.81. The average Bonchev–Trinajstić information content (AvgIpc) is 4.18. The van der Waals surface area contributed by atoms with E-state index in [0.717, 1.165) is 54.8 Å². The van der Waals surface area contributed by atoms with E-state index in [4.69, 9.17) is 0 Å². The second kappa shape index (κ2) is 20.7. The van der Waals surface area contributed by atoms with Gasteiger partial charge in [0.1, 0.15) is 34.4 Å². The van der Waals surface area contributed by atoms with E-state index in [9.17, 15) is 46.3 Å². The molecule has 8 aromatic rings. The van der Waals surface area contributed by atoms with Gasteiger partial charge in [-0.05, 0) is 122 Å². The monoisotopic (exact) mass is 1010 g/mol. The number of halogens is 4. The molecule has 0 radical (unpaired) electrons. The second-order valence-corrected chi connectivity index (χ2v) is 18.0. The van der Waals surface area contributed by atoms with Crippen molar-refractivity contribution >= 4 is 46.5 Å². The van der Waals surface area contributed by atoms with Gasteiger partial charge in [0.25, 0.3) is 23.6 Å². The number of hydrogen-bond acceptors (Lipinski definition) is 10. The van der Waals surface area contributed by atoms with Crippen molar-refractivity contribution in [3.8, 4) is 0 Å². The van der Waals surface area contributed by atoms with Crippen LogP contribution in [-0.4, -0.2) is 64.4 Å². The molecule has 0 aliphatic heterocycles. The zero-order valence-electron chi connectivity index (χ0n) is 40.3. The topological polar surface area (TPSA) is 211 Å². The Balaban J connectivity index is 0.000000182. The molecule has 4 aromatic heterocycles. The first-order valence-corrected chi connectivity index (χ1v) is 23.5. The average molecular weight is 1010 g/mol. The standard InChI is InChI=1S/2C27H23F2N5O3/c1-14-18(15(2)35)7-8-20-19(14)9-10-22(20)33-27(37)24-11-23(32-25-21(29)13-31-34(24)25)26(36)30-12-16-3-5-17(28)6-4-16;1-14-18(15(2)35)6-7-20-19(14)8-9-22(20)33-27(37)24-11-23(32-25-21(29)13-31-34(24)25)26(36)30-12-16-4-3-5-17(28)10-16/h3-8,11,13,22H,9-10,12H2,1-2H3,(H,30,36)(H,33,37);3-7,10-11,13,22H,8-9,12H2,1-2H3,(H,30,36)(H,33,37)/t2*22-/m00/s1. The summed E-state index contributed by atoms with van der Waals surface area (Å²) in [5.41, 5.74) is 7.24. The Hall–Kier alpha value is -8.94. The molecule has 0 saturated heterocycles. The van der Waals surface area contributed by atoms with E-state index in [1.807, 2.05) is 26.0 Å². The van der Waals surface area contributed by atoms with Crippen LogP contribution in [0.25, 0.3) is 11.3 Å². The van der Waals surface area contributed by atoms with Gasteiger partial charge in [0, 0.05) is 36.3 Å². The lowest BCUT2D eigenvalue weighted by molar-refractivity contribution is 0.0916. The summed E-state index contributed by atoms with van der Waals surface area (Å²) >= 11 is 0. The predicted molar refractivity (Wildman–Crippen MR) is 260 cm³/mol. The number of benzene rings is 4. The number of amides is 4. The van der Waals surface area contributed by atoms with Crippen LogP contribution < -0.4 is 21.3 Å². The fraction of sp³-hybridized carbons (Fsp3) is 0.222. The summed E-state index contributed by atoms with van der Waals surface area (Å²) in [6.07, 6.45) is 4.51. The fourth-order valence-electron chi connectivity index (χ4n) is 9.51. The van der Waals surface area contributed by atoms with Gasteiger partial charge in [-0.15, -0.1) is 0 Å².